The minimum Gasteiger partial charge on any atom is -0.348 e. The van der Waals surface area contributed by atoms with Gasteiger partial charge >= 0.3 is 0 Å². The van der Waals surface area contributed by atoms with Gasteiger partial charge in [0, 0.05) is 13.0 Å². The summed E-state index contributed by atoms with van der Waals surface area (Å²) in [7, 11) is 0. The van der Waals surface area contributed by atoms with Gasteiger partial charge in [0.2, 0.25) is 5.91 Å². The molecule has 0 aromatic heterocycles. The molecule has 1 aromatic carbocycles. The van der Waals surface area contributed by atoms with Gasteiger partial charge in [0.25, 0.3) is 0 Å². The van der Waals surface area contributed by atoms with Crippen LogP contribution in [0.25, 0.3) is 0 Å². The molecule has 0 radical (unpaired) electrons. The molecule has 2 aliphatic rings. The van der Waals surface area contributed by atoms with E-state index in [1.54, 1.807) is 0 Å². The first-order valence-electron chi connectivity index (χ1n) is 6.70. The number of benzene rings is 1. The van der Waals surface area contributed by atoms with Crippen LogP contribution in [0, 0.1) is 0 Å². The monoisotopic (exact) mass is 261 g/mol. The van der Waals surface area contributed by atoms with Crippen molar-refractivity contribution in [3.63, 3.8) is 0 Å². The smallest absolute Gasteiger partial charge is 0.225 e. The molecule has 102 valence electrons. The minimum absolute atomic E-state index is 0.00332. The highest BCUT2D eigenvalue weighted by Gasteiger charge is 2.47. The lowest BCUT2D eigenvalue weighted by molar-refractivity contribution is -0.169. The fourth-order valence-corrected chi connectivity index (χ4v) is 2.70. The van der Waals surface area contributed by atoms with Crippen LogP contribution in [-0.4, -0.2) is 35.3 Å². The highest BCUT2D eigenvalue weighted by atomic mass is 16.7. The lowest BCUT2D eigenvalue weighted by Crippen LogP contribution is -2.58. The molecule has 19 heavy (non-hydrogen) atoms. The van der Waals surface area contributed by atoms with Crippen molar-refractivity contribution in [1.29, 1.82) is 0 Å². The van der Waals surface area contributed by atoms with Crippen LogP contribution >= 0.6 is 0 Å². The number of hydrogen-bond donors (Lipinski definition) is 0. The van der Waals surface area contributed by atoms with E-state index in [1.165, 1.54) is 0 Å². The average Bonchev–Trinajstić information content (AvgIpc) is 2.74. The van der Waals surface area contributed by atoms with E-state index in [2.05, 4.69) is 0 Å². The van der Waals surface area contributed by atoms with Crippen molar-refractivity contribution in [2.24, 2.45) is 0 Å². The summed E-state index contributed by atoms with van der Waals surface area (Å²) in [5.41, 5.74) is 1.15. The highest BCUT2D eigenvalue weighted by Crippen LogP contribution is 2.33. The summed E-state index contributed by atoms with van der Waals surface area (Å²) in [6, 6.07) is 10.2. The maximum absolute atomic E-state index is 11.8. The molecule has 2 saturated heterocycles. The molecular weight excluding hydrogens is 242 g/mol. The first kappa shape index (κ1) is 12.6. The summed E-state index contributed by atoms with van der Waals surface area (Å²) >= 11 is 0. The Morgan fingerprint density at radius 1 is 1.32 bits per heavy atom. The van der Waals surface area contributed by atoms with Crippen LogP contribution in [-0.2, 0) is 20.8 Å². The Morgan fingerprint density at radius 2 is 2.05 bits per heavy atom. The van der Waals surface area contributed by atoms with Crippen molar-refractivity contribution in [2.75, 3.05) is 6.61 Å². The van der Waals surface area contributed by atoms with Gasteiger partial charge in [-0.15, -0.1) is 0 Å². The van der Waals surface area contributed by atoms with Gasteiger partial charge in [-0.05, 0) is 19.4 Å². The van der Waals surface area contributed by atoms with E-state index in [0.717, 1.165) is 5.56 Å². The molecule has 2 aliphatic heterocycles. The fourth-order valence-electron chi connectivity index (χ4n) is 2.70. The van der Waals surface area contributed by atoms with E-state index >= 15 is 0 Å². The molecule has 4 heteroatoms. The molecular formula is C15H19NO3. The number of ether oxygens (including phenoxy) is 2. The molecule has 1 amide bonds. The van der Waals surface area contributed by atoms with E-state index in [-0.39, 0.29) is 18.1 Å². The maximum atomic E-state index is 11.8. The van der Waals surface area contributed by atoms with Crippen LogP contribution in [0.4, 0.5) is 0 Å². The van der Waals surface area contributed by atoms with E-state index in [1.807, 2.05) is 49.1 Å². The topological polar surface area (TPSA) is 38.8 Å². The van der Waals surface area contributed by atoms with Gasteiger partial charge in [0.1, 0.15) is 6.10 Å². The number of hydrogen-bond acceptors (Lipinski definition) is 3. The van der Waals surface area contributed by atoms with Crippen molar-refractivity contribution in [3.8, 4) is 0 Å². The SMILES string of the molecule is CC1(C)OCC(C2CC(=O)N2Cc2ccccc2)O1. The van der Waals surface area contributed by atoms with Gasteiger partial charge in [-0.25, -0.2) is 0 Å². The molecule has 3 rings (SSSR count). The van der Waals surface area contributed by atoms with Gasteiger partial charge in [-0.2, -0.15) is 0 Å². The van der Waals surface area contributed by atoms with E-state index < -0.39 is 5.79 Å². The summed E-state index contributed by atoms with van der Waals surface area (Å²) in [5.74, 6) is -0.330. The Morgan fingerprint density at radius 3 is 2.63 bits per heavy atom. The summed E-state index contributed by atoms with van der Waals surface area (Å²) in [6.45, 7) is 5.05. The average molecular weight is 261 g/mol. The molecule has 0 saturated carbocycles. The maximum Gasteiger partial charge on any atom is 0.225 e. The van der Waals surface area contributed by atoms with Gasteiger partial charge in [-0.1, -0.05) is 30.3 Å². The van der Waals surface area contributed by atoms with Crippen molar-refractivity contribution >= 4 is 5.91 Å². The number of β-lactam (4-membered cyclic amide) rings is 1. The summed E-state index contributed by atoms with van der Waals surface area (Å²) < 4.78 is 11.4. The van der Waals surface area contributed by atoms with E-state index in [4.69, 9.17) is 9.47 Å². The third kappa shape index (κ3) is 2.51. The number of carbonyl (C=O) groups is 1. The van der Waals surface area contributed by atoms with Crippen LogP contribution in [0.1, 0.15) is 25.8 Å². The molecule has 2 heterocycles. The Bertz CT molecular complexity index is 472. The zero-order valence-electron chi connectivity index (χ0n) is 11.3. The molecule has 1 aromatic rings. The quantitative estimate of drug-likeness (QED) is 0.781. The van der Waals surface area contributed by atoms with Gasteiger partial charge in [0.05, 0.1) is 12.6 Å². The summed E-state index contributed by atoms with van der Waals surface area (Å²) in [5, 5.41) is 0. The van der Waals surface area contributed by atoms with Gasteiger partial charge in [0.15, 0.2) is 5.79 Å². The molecule has 2 fully saturated rings. The first-order chi connectivity index (χ1) is 9.05. The predicted molar refractivity (Wildman–Crippen MR) is 70.3 cm³/mol. The van der Waals surface area contributed by atoms with E-state index in [0.29, 0.717) is 19.6 Å². The molecule has 0 spiro atoms. The number of rotatable bonds is 3. The Balaban J connectivity index is 1.66. The van der Waals surface area contributed by atoms with E-state index in [9.17, 15) is 4.79 Å². The number of likely N-dealkylation sites (tertiary alicyclic amines) is 1. The number of carbonyl (C=O) groups excluding carboxylic acids is 1. The van der Waals surface area contributed by atoms with Crippen molar-refractivity contribution < 1.29 is 14.3 Å². The molecule has 2 atom stereocenters. The largest absolute Gasteiger partial charge is 0.348 e. The van der Waals surface area contributed by atoms with Crippen molar-refractivity contribution in [2.45, 2.75) is 44.7 Å². The van der Waals surface area contributed by atoms with Crippen molar-refractivity contribution in [3.05, 3.63) is 35.9 Å². The third-order valence-electron chi connectivity index (χ3n) is 3.76. The van der Waals surface area contributed by atoms with Gasteiger partial charge in [-0.3, -0.25) is 4.79 Å². The Labute approximate surface area is 113 Å². The zero-order valence-corrected chi connectivity index (χ0v) is 11.3. The Kier molecular flexibility index (Phi) is 3.07. The molecule has 4 nitrogen and oxygen atoms in total. The second-order valence-electron chi connectivity index (χ2n) is 5.65. The van der Waals surface area contributed by atoms with Crippen LogP contribution < -0.4 is 0 Å². The second-order valence-corrected chi connectivity index (χ2v) is 5.65. The molecule has 2 unspecified atom stereocenters. The first-order valence-corrected chi connectivity index (χ1v) is 6.70. The fraction of sp³-hybridized carbons (Fsp3) is 0.533. The van der Waals surface area contributed by atoms with Crippen LogP contribution in [0.5, 0.6) is 0 Å². The Hall–Kier alpha value is -1.39. The number of amides is 1. The second kappa shape index (κ2) is 4.62. The predicted octanol–water partition coefficient (Wildman–Crippen LogP) is 1.94. The summed E-state index contributed by atoms with van der Waals surface area (Å²) in [4.78, 5) is 13.7. The molecule has 0 aliphatic carbocycles. The normalized spacial score (nSPS) is 29.4. The third-order valence-corrected chi connectivity index (χ3v) is 3.76. The zero-order chi connectivity index (χ0) is 13.5. The van der Waals surface area contributed by atoms with Crippen molar-refractivity contribution in [1.82, 2.24) is 4.90 Å². The van der Waals surface area contributed by atoms with Crippen LogP contribution in [0.3, 0.4) is 0 Å². The molecule has 0 bridgehead atoms. The van der Waals surface area contributed by atoms with Crippen LogP contribution in [0.2, 0.25) is 0 Å². The lowest BCUT2D eigenvalue weighted by Gasteiger charge is -2.43. The lowest BCUT2D eigenvalue weighted by atomic mass is 9.95. The minimum atomic E-state index is -0.526. The highest BCUT2D eigenvalue weighted by molar-refractivity contribution is 5.83. The number of nitrogens with zero attached hydrogens (tertiary/aromatic N) is 1. The molecule has 0 N–H and O–H groups in total. The van der Waals surface area contributed by atoms with Crippen LogP contribution in [0.15, 0.2) is 30.3 Å². The van der Waals surface area contributed by atoms with Gasteiger partial charge < -0.3 is 14.4 Å². The summed E-state index contributed by atoms with van der Waals surface area (Å²) in [6.07, 6.45) is 0.563. The standard InChI is InChI=1S/C15H19NO3/c1-15(2)18-10-13(19-15)12-8-14(17)16(12)9-11-6-4-3-5-7-11/h3-7,12-13H,8-10H2,1-2H3.